The van der Waals surface area contributed by atoms with Gasteiger partial charge in [0.1, 0.15) is 0 Å². The van der Waals surface area contributed by atoms with Crippen LogP contribution in [0.25, 0.3) is 0 Å². The van der Waals surface area contributed by atoms with Crippen LogP contribution in [-0.4, -0.2) is 21.3 Å². The van der Waals surface area contributed by atoms with Gasteiger partial charge in [-0.1, -0.05) is 33.9 Å². The van der Waals surface area contributed by atoms with Crippen LogP contribution in [0.5, 0.6) is 0 Å². The molecule has 0 atom stereocenters. The average molecular weight is 159 g/mol. The largest absolute Gasteiger partial charge is 0.322 e. The van der Waals surface area contributed by atoms with Crippen molar-refractivity contribution < 1.29 is 0 Å². The molecular formula is C8H21NSi. The molecule has 0 rings (SSSR count). The predicted octanol–water partition coefficient (Wildman–Crippen LogP) is 2.25. The SMILES string of the molecule is CNC[Si](C)(C)C(C)(C)C. The van der Waals surface area contributed by atoms with E-state index >= 15 is 0 Å². The molecule has 0 fully saturated rings. The molecule has 0 aliphatic carbocycles. The molecule has 1 N–H and O–H groups in total. The van der Waals surface area contributed by atoms with Crippen LogP contribution in [0.2, 0.25) is 18.1 Å². The van der Waals surface area contributed by atoms with E-state index in [2.05, 4.69) is 39.2 Å². The maximum Gasteiger partial charge on any atom is 0.0679 e. The van der Waals surface area contributed by atoms with E-state index in [0.29, 0.717) is 5.04 Å². The molecule has 0 unspecified atom stereocenters. The summed E-state index contributed by atoms with van der Waals surface area (Å²) < 4.78 is 0. The molecule has 0 radical (unpaired) electrons. The zero-order valence-corrected chi connectivity index (χ0v) is 9.21. The smallest absolute Gasteiger partial charge is 0.0679 e. The molecule has 0 saturated heterocycles. The van der Waals surface area contributed by atoms with Gasteiger partial charge in [-0.05, 0) is 18.3 Å². The molecule has 0 spiro atoms. The summed E-state index contributed by atoms with van der Waals surface area (Å²) in [5, 5.41) is 3.80. The molecule has 0 aliphatic heterocycles. The van der Waals surface area contributed by atoms with Crippen molar-refractivity contribution >= 4 is 8.07 Å². The van der Waals surface area contributed by atoms with Crippen molar-refractivity contribution in [2.24, 2.45) is 0 Å². The third-order valence-electron chi connectivity index (χ3n) is 2.65. The van der Waals surface area contributed by atoms with E-state index in [1.807, 2.05) is 7.05 Å². The van der Waals surface area contributed by atoms with E-state index in [1.165, 1.54) is 6.17 Å². The second-order valence-corrected chi connectivity index (χ2v) is 10.3. The van der Waals surface area contributed by atoms with Gasteiger partial charge in [-0.25, -0.2) is 0 Å². The predicted molar refractivity (Wildman–Crippen MR) is 51.1 cm³/mol. The summed E-state index contributed by atoms with van der Waals surface area (Å²) in [6.07, 6.45) is 1.22. The molecule has 0 heterocycles. The van der Waals surface area contributed by atoms with Crippen molar-refractivity contribution in [2.45, 2.75) is 38.9 Å². The fourth-order valence-electron chi connectivity index (χ4n) is 0.707. The summed E-state index contributed by atoms with van der Waals surface area (Å²) in [6.45, 7) is 11.9. The molecule has 2 heteroatoms. The van der Waals surface area contributed by atoms with E-state index in [1.54, 1.807) is 0 Å². The molecule has 1 nitrogen and oxygen atoms in total. The van der Waals surface area contributed by atoms with Gasteiger partial charge < -0.3 is 5.32 Å². The Morgan fingerprint density at radius 1 is 1.20 bits per heavy atom. The highest BCUT2D eigenvalue weighted by Gasteiger charge is 2.33. The highest BCUT2D eigenvalue weighted by Crippen LogP contribution is 2.34. The van der Waals surface area contributed by atoms with E-state index in [9.17, 15) is 0 Å². The Morgan fingerprint density at radius 2 is 1.60 bits per heavy atom. The summed E-state index contributed by atoms with van der Waals surface area (Å²) >= 11 is 0. The van der Waals surface area contributed by atoms with Crippen molar-refractivity contribution in [3.63, 3.8) is 0 Å². The standard InChI is InChI=1S/C8H21NSi/c1-8(2,3)10(5,6)7-9-4/h9H,7H2,1-6H3. The maximum absolute atomic E-state index is 3.28. The van der Waals surface area contributed by atoms with Gasteiger partial charge in [0.2, 0.25) is 0 Å². The molecule has 0 aliphatic rings. The third kappa shape index (κ3) is 2.43. The molecule has 10 heavy (non-hydrogen) atoms. The van der Waals surface area contributed by atoms with Crippen LogP contribution in [0.1, 0.15) is 20.8 Å². The van der Waals surface area contributed by atoms with E-state index in [-0.39, 0.29) is 0 Å². The van der Waals surface area contributed by atoms with Crippen molar-refractivity contribution in [1.82, 2.24) is 5.32 Å². The van der Waals surface area contributed by atoms with Crippen molar-refractivity contribution in [1.29, 1.82) is 0 Å². The Morgan fingerprint density at radius 3 is 1.70 bits per heavy atom. The van der Waals surface area contributed by atoms with Crippen molar-refractivity contribution in [3.8, 4) is 0 Å². The first-order valence-corrected chi connectivity index (χ1v) is 7.16. The first kappa shape index (κ1) is 10.2. The molecular weight excluding hydrogens is 138 g/mol. The Bertz CT molecular complexity index is 102. The van der Waals surface area contributed by atoms with E-state index in [4.69, 9.17) is 0 Å². The zero-order valence-electron chi connectivity index (χ0n) is 8.21. The zero-order chi connectivity index (χ0) is 8.41. The van der Waals surface area contributed by atoms with E-state index < -0.39 is 8.07 Å². The van der Waals surface area contributed by atoms with Crippen LogP contribution in [0, 0.1) is 0 Å². The molecule has 0 aromatic rings. The summed E-state index contributed by atoms with van der Waals surface area (Å²) in [6, 6.07) is 0. The monoisotopic (exact) mass is 159 g/mol. The van der Waals surface area contributed by atoms with Crippen LogP contribution >= 0.6 is 0 Å². The van der Waals surface area contributed by atoms with Crippen LogP contribution in [0.15, 0.2) is 0 Å². The second-order valence-electron chi connectivity index (χ2n) is 4.66. The summed E-state index contributed by atoms with van der Waals surface area (Å²) in [4.78, 5) is 0. The average Bonchev–Trinajstić information content (AvgIpc) is 1.61. The molecule has 0 aromatic heterocycles. The first-order valence-electron chi connectivity index (χ1n) is 3.96. The van der Waals surface area contributed by atoms with Crippen LogP contribution < -0.4 is 5.32 Å². The fraction of sp³-hybridized carbons (Fsp3) is 1.00. The Labute approximate surface area is 66.2 Å². The lowest BCUT2D eigenvalue weighted by Gasteiger charge is -2.36. The van der Waals surface area contributed by atoms with Crippen LogP contribution in [0.4, 0.5) is 0 Å². The summed E-state index contributed by atoms with van der Waals surface area (Å²) in [7, 11) is 1.03. The van der Waals surface area contributed by atoms with Crippen molar-refractivity contribution in [2.75, 3.05) is 13.2 Å². The molecule has 0 saturated carbocycles. The highest BCUT2D eigenvalue weighted by molar-refractivity contribution is 6.80. The van der Waals surface area contributed by atoms with Crippen LogP contribution in [0.3, 0.4) is 0 Å². The normalized spacial score (nSPS) is 13.8. The highest BCUT2D eigenvalue weighted by atomic mass is 28.3. The number of hydrogen-bond acceptors (Lipinski definition) is 1. The van der Waals surface area contributed by atoms with Gasteiger partial charge in [0.15, 0.2) is 0 Å². The number of hydrogen-bond donors (Lipinski definition) is 1. The molecule has 0 amide bonds. The van der Waals surface area contributed by atoms with Gasteiger partial charge in [-0.3, -0.25) is 0 Å². The Hall–Kier alpha value is 0.177. The van der Waals surface area contributed by atoms with Crippen molar-refractivity contribution in [3.05, 3.63) is 0 Å². The fourth-order valence-corrected chi connectivity index (χ4v) is 2.12. The third-order valence-corrected chi connectivity index (χ3v) is 7.95. The minimum absolute atomic E-state index is 0.524. The van der Waals surface area contributed by atoms with E-state index in [0.717, 1.165) is 0 Å². The summed E-state index contributed by atoms with van der Waals surface area (Å²) in [5.74, 6) is 0. The van der Waals surface area contributed by atoms with Gasteiger partial charge in [0, 0.05) is 0 Å². The summed E-state index contributed by atoms with van der Waals surface area (Å²) in [5.41, 5.74) is 0. The number of nitrogens with one attached hydrogen (secondary N) is 1. The first-order chi connectivity index (χ1) is 4.31. The Kier molecular flexibility index (Phi) is 3.11. The van der Waals surface area contributed by atoms with Gasteiger partial charge >= 0.3 is 0 Å². The molecule has 62 valence electrons. The lowest BCUT2D eigenvalue weighted by atomic mass is 10.2. The minimum Gasteiger partial charge on any atom is -0.322 e. The molecule has 0 aromatic carbocycles. The van der Waals surface area contributed by atoms with Crippen LogP contribution in [-0.2, 0) is 0 Å². The maximum atomic E-state index is 3.28. The van der Waals surface area contributed by atoms with Gasteiger partial charge in [0.05, 0.1) is 8.07 Å². The van der Waals surface area contributed by atoms with Gasteiger partial charge in [-0.15, -0.1) is 0 Å². The lowest BCUT2D eigenvalue weighted by Crippen LogP contribution is -2.46. The quantitative estimate of drug-likeness (QED) is 0.609. The van der Waals surface area contributed by atoms with Gasteiger partial charge in [0.25, 0.3) is 0 Å². The minimum atomic E-state index is -1.02. The Balaban J connectivity index is 4.10. The second kappa shape index (κ2) is 3.05. The van der Waals surface area contributed by atoms with Gasteiger partial charge in [-0.2, -0.15) is 0 Å². The topological polar surface area (TPSA) is 12.0 Å². The lowest BCUT2D eigenvalue weighted by molar-refractivity contribution is 0.703. The molecule has 0 bridgehead atoms. The number of rotatable bonds is 2.